The quantitative estimate of drug-likeness (QED) is 0.581. The first-order valence-electron chi connectivity index (χ1n) is 11.4. The van der Waals surface area contributed by atoms with Gasteiger partial charge in [-0.2, -0.15) is 13.2 Å². The van der Waals surface area contributed by atoms with Gasteiger partial charge in [-0.25, -0.2) is 4.79 Å². The van der Waals surface area contributed by atoms with Crippen molar-refractivity contribution in [1.29, 1.82) is 0 Å². The number of nitrogens with zero attached hydrogens (tertiary/aromatic N) is 2. The molecular weight excluding hydrogens is 449 g/mol. The van der Waals surface area contributed by atoms with Gasteiger partial charge in [0.15, 0.2) is 0 Å². The minimum absolute atomic E-state index is 0.110. The van der Waals surface area contributed by atoms with Crippen molar-refractivity contribution in [3.8, 4) is 0 Å². The van der Waals surface area contributed by atoms with Crippen LogP contribution in [0.1, 0.15) is 37.3 Å². The normalized spacial score (nSPS) is 24.8. The summed E-state index contributed by atoms with van der Waals surface area (Å²) in [5, 5.41) is 0. The Morgan fingerprint density at radius 2 is 1.85 bits per heavy atom. The second kappa shape index (κ2) is 9.44. The zero-order valence-electron chi connectivity index (χ0n) is 19.3. The van der Waals surface area contributed by atoms with Gasteiger partial charge in [-0.05, 0) is 36.6 Å². The molecule has 2 unspecified atom stereocenters. The van der Waals surface area contributed by atoms with Crippen molar-refractivity contribution in [3.05, 3.63) is 59.2 Å². The van der Waals surface area contributed by atoms with Gasteiger partial charge in [0, 0.05) is 39.0 Å². The molecule has 2 atom stereocenters. The summed E-state index contributed by atoms with van der Waals surface area (Å²) >= 11 is 0. The maximum atomic E-state index is 12.8. The van der Waals surface area contributed by atoms with Crippen LogP contribution in [0.4, 0.5) is 18.0 Å². The number of esters is 1. The summed E-state index contributed by atoms with van der Waals surface area (Å²) in [5.41, 5.74) is 0.565. The van der Waals surface area contributed by atoms with E-state index in [-0.39, 0.29) is 24.0 Å². The maximum absolute atomic E-state index is 12.8. The summed E-state index contributed by atoms with van der Waals surface area (Å²) in [6.45, 7) is 4.35. The van der Waals surface area contributed by atoms with Crippen LogP contribution in [0.3, 0.4) is 0 Å². The predicted molar refractivity (Wildman–Crippen MR) is 119 cm³/mol. The Hall–Kier alpha value is -2.81. The Bertz CT molecular complexity index is 979. The Morgan fingerprint density at radius 1 is 1.18 bits per heavy atom. The molecule has 184 valence electrons. The van der Waals surface area contributed by atoms with E-state index in [1.807, 2.05) is 25.2 Å². The van der Waals surface area contributed by atoms with Crippen LogP contribution < -0.4 is 0 Å². The van der Waals surface area contributed by atoms with Crippen LogP contribution in [0.2, 0.25) is 0 Å². The minimum Gasteiger partial charge on any atom is -0.469 e. The first-order chi connectivity index (χ1) is 16.1. The molecule has 1 aromatic carbocycles. The van der Waals surface area contributed by atoms with Crippen LogP contribution in [0.25, 0.3) is 0 Å². The fourth-order valence-corrected chi connectivity index (χ4v) is 4.93. The summed E-state index contributed by atoms with van der Waals surface area (Å²) in [5.74, 6) is -0.570. The fourth-order valence-electron chi connectivity index (χ4n) is 4.93. The van der Waals surface area contributed by atoms with Crippen molar-refractivity contribution >= 4 is 12.1 Å². The van der Waals surface area contributed by atoms with Gasteiger partial charge in [0.25, 0.3) is 0 Å². The highest BCUT2D eigenvalue weighted by molar-refractivity contribution is 5.75. The van der Waals surface area contributed by atoms with Gasteiger partial charge in [0.2, 0.25) is 0 Å². The van der Waals surface area contributed by atoms with Crippen LogP contribution in [0.5, 0.6) is 0 Å². The lowest BCUT2D eigenvalue weighted by atomic mass is 9.84. The highest BCUT2D eigenvalue weighted by Crippen LogP contribution is 2.39. The molecule has 0 N–H and O–H groups in total. The molecule has 0 bridgehead atoms. The van der Waals surface area contributed by atoms with Crippen molar-refractivity contribution in [2.24, 2.45) is 5.92 Å². The zero-order valence-corrected chi connectivity index (χ0v) is 19.3. The van der Waals surface area contributed by atoms with Gasteiger partial charge in [0.05, 0.1) is 24.6 Å². The van der Waals surface area contributed by atoms with Crippen LogP contribution in [0.15, 0.2) is 48.1 Å². The molecule has 0 saturated carbocycles. The lowest BCUT2D eigenvalue weighted by molar-refractivity contribution is -0.143. The highest BCUT2D eigenvalue weighted by atomic mass is 19.4. The molecular formula is C25H29F3N2O4. The molecule has 9 heteroatoms. The third-order valence-electron chi connectivity index (χ3n) is 7.18. The summed E-state index contributed by atoms with van der Waals surface area (Å²) in [6.07, 6.45) is 2.82. The summed E-state index contributed by atoms with van der Waals surface area (Å²) in [4.78, 5) is 28.3. The molecule has 1 amide bonds. The number of rotatable bonds is 5. The Kier molecular flexibility index (Phi) is 6.75. The second-order valence-electron chi connectivity index (χ2n) is 9.21. The topological polar surface area (TPSA) is 59.1 Å². The molecule has 1 spiro atoms. The maximum Gasteiger partial charge on any atom is 0.416 e. The number of piperidine rings is 1. The molecule has 1 aromatic rings. The van der Waals surface area contributed by atoms with Crippen LogP contribution in [0, 0.1) is 5.92 Å². The number of hydrogen-bond acceptors (Lipinski definition) is 5. The molecule has 0 aromatic heterocycles. The van der Waals surface area contributed by atoms with Gasteiger partial charge < -0.3 is 9.47 Å². The molecule has 2 heterocycles. The van der Waals surface area contributed by atoms with Crippen molar-refractivity contribution in [2.75, 3.05) is 26.7 Å². The van der Waals surface area contributed by atoms with E-state index in [0.29, 0.717) is 45.4 Å². The van der Waals surface area contributed by atoms with Crippen molar-refractivity contribution in [2.45, 2.75) is 50.6 Å². The molecule has 34 heavy (non-hydrogen) atoms. The first-order valence-corrected chi connectivity index (χ1v) is 11.4. The average molecular weight is 479 g/mol. The number of methoxy groups -OCH3 is 1. The number of likely N-dealkylation sites (tertiary alicyclic amines) is 1. The van der Waals surface area contributed by atoms with Gasteiger partial charge in [0.1, 0.15) is 5.60 Å². The number of benzene rings is 1. The zero-order chi connectivity index (χ0) is 24.5. The Balaban J connectivity index is 1.32. The molecule has 2 saturated heterocycles. The number of halogens is 3. The number of carbonyl (C=O) groups is 2. The minimum atomic E-state index is -4.34. The van der Waals surface area contributed by atoms with E-state index >= 15 is 0 Å². The van der Waals surface area contributed by atoms with E-state index < -0.39 is 17.3 Å². The van der Waals surface area contributed by atoms with Crippen LogP contribution >= 0.6 is 0 Å². The number of carbonyl (C=O) groups excluding carboxylic acids is 2. The SMILES string of the molecule is COC(=O)C1C=CC(CN2C(=O)OC3(CCN(Cc4ccc(C(F)(F)F)cc4)CC3)C2C)=CC1. The molecule has 1 aliphatic carbocycles. The number of hydrogen-bond donors (Lipinski definition) is 0. The highest BCUT2D eigenvalue weighted by Gasteiger charge is 2.52. The molecule has 4 rings (SSSR count). The lowest BCUT2D eigenvalue weighted by Gasteiger charge is -2.40. The van der Waals surface area contributed by atoms with Gasteiger partial charge in [-0.15, -0.1) is 0 Å². The molecule has 0 radical (unpaired) electrons. The number of allylic oxidation sites excluding steroid dienone is 1. The number of ether oxygens (including phenoxy) is 2. The summed E-state index contributed by atoms with van der Waals surface area (Å²) < 4.78 is 49.0. The first kappa shape index (κ1) is 24.3. The largest absolute Gasteiger partial charge is 0.469 e. The molecule has 2 fully saturated rings. The van der Waals surface area contributed by atoms with E-state index in [0.717, 1.165) is 23.3 Å². The molecule has 3 aliphatic rings. The van der Waals surface area contributed by atoms with E-state index in [1.54, 1.807) is 4.90 Å². The summed E-state index contributed by atoms with van der Waals surface area (Å²) in [7, 11) is 1.37. The predicted octanol–water partition coefficient (Wildman–Crippen LogP) is 4.56. The molecule has 2 aliphatic heterocycles. The Labute approximate surface area is 197 Å². The second-order valence-corrected chi connectivity index (χ2v) is 9.21. The standard InChI is InChI=1S/C25H29F3N2O4/c1-17-24(34-23(32)30(17)16-19-3-7-20(8-4-19)22(31)33-2)11-13-29(14-12-24)15-18-5-9-21(10-6-18)25(26,27)28/h3-7,9-10,17,20H,8,11-16H2,1-2H3. The van der Waals surface area contributed by atoms with Gasteiger partial charge in [-0.1, -0.05) is 30.4 Å². The number of alkyl halides is 3. The third-order valence-corrected chi connectivity index (χ3v) is 7.18. The van der Waals surface area contributed by atoms with Gasteiger partial charge >= 0.3 is 18.2 Å². The van der Waals surface area contributed by atoms with Crippen LogP contribution in [-0.4, -0.2) is 60.2 Å². The third kappa shape index (κ3) is 4.99. The molecule has 6 nitrogen and oxygen atoms in total. The van der Waals surface area contributed by atoms with Crippen molar-refractivity contribution in [3.63, 3.8) is 0 Å². The van der Waals surface area contributed by atoms with E-state index in [4.69, 9.17) is 9.47 Å². The monoisotopic (exact) mass is 478 g/mol. The smallest absolute Gasteiger partial charge is 0.416 e. The Morgan fingerprint density at radius 3 is 2.41 bits per heavy atom. The average Bonchev–Trinajstić information content (AvgIpc) is 3.04. The summed E-state index contributed by atoms with van der Waals surface area (Å²) in [6, 6.07) is 5.15. The number of amides is 1. The van der Waals surface area contributed by atoms with Crippen molar-refractivity contribution in [1.82, 2.24) is 9.80 Å². The van der Waals surface area contributed by atoms with E-state index in [2.05, 4.69) is 4.90 Å². The van der Waals surface area contributed by atoms with Crippen molar-refractivity contribution < 1.29 is 32.2 Å². The lowest BCUT2D eigenvalue weighted by Crippen LogP contribution is -2.51. The fraction of sp³-hybridized carbons (Fsp3) is 0.520. The van der Waals surface area contributed by atoms with E-state index in [9.17, 15) is 22.8 Å². The van der Waals surface area contributed by atoms with Gasteiger partial charge in [-0.3, -0.25) is 14.6 Å². The van der Waals surface area contributed by atoms with E-state index in [1.165, 1.54) is 19.2 Å². The van der Waals surface area contributed by atoms with Crippen LogP contribution in [-0.2, 0) is 27.0 Å².